The minimum Gasteiger partial charge on any atom is -0.480 e. The summed E-state index contributed by atoms with van der Waals surface area (Å²) < 4.78 is 0. The molecule has 0 bridgehead atoms. The highest BCUT2D eigenvalue weighted by Crippen LogP contribution is 2.15. The molecule has 0 aromatic carbocycles. The number of carbonyl (C=O) groups excluding carboxylic acids is 1. The molecule has 0 saturated carbocycles. The first kappa shape index (κ1) is 17.0. The SMILES string of the molecule is CCC(C)N(CC(=O)O)C(C)C(=O)N1CCCCCC1. The fraction of sp³-hybridized carbons (Fsp3) is 0.867. The van der Waals surface area contributed by atoms with E-state index in [2.05, 4.69) is 0 Å². The molecule has 1 amide bonds. The van der Waals surface area contributed by atoms with E-state index in [9.17, 15) is 9.59 Å². The molecule has 2 atom stereocenters. The normalized spacial score (nSPS) is 19.5. The van der Waals surface area contributed by atoms with Crippen LogP contribution in [0.2, 0.25) is 0 Å². The number of amides is 1. The number of carbonyl (C=O) groups is 2. The molecule has 116 valence electrons. The summed E-state index contributed by atoms with van der Waals surface area (Å²) in [6, 6.07) is -0.267. The predicted octanol–water partition coefficient (Wildman–Crippen LogP) is 1.96. The van der Waals surface area contributed by atoms with Gasteiger partial charge in [-0.15, -0.1) is 0 Å². The van der Waals surface area contributed by atoms with Crippen LogP contribution >= 0.6 is 0 Å². The van der Waals surface area contributed by atoms with Gasteiger partial charge >= 0.3 is 5.97 Å². The highest BCUT2D eigenvalue weighted by molar-refractivity contribution is 5.82. The van der Waals surface area contributed by atoms with Gasteiger partial charge in [-0.2, -0.15) is 0 Å². The van der Waals surface area contributed by atoms with Crippen molar-refractivity contribution in [3.05, 3.63) is 0 Å². The Labute approximate surface area is 121 Å². The summed E-state index contributed by atoms with van der Waals surface area (Å²) in [5, 5.41) is 9.05. The van der Waals surface area contributed by atoms with Crippen LogP contribution in [0.4, 0.5) is 0 Å². The lowest BCUT2D eigenvalue weighted by Crippen LogP contribution is -2.52. The molecule has 1 heterocycles. The highest BCUT2D eigenvalue weighted by atomic mass is 16.4. The molecule has 5 heteroatoms. The van der Waals surface area contributed by atoms with Crippen LogP contribution in [-0.2, 0) is 9.59 Å². The number of carboxylic acid groups (broad SMARTS) is 1. The quantitative estimate of drug-likeness (QED) is 0.810. The van der Waals surface area contributed by atoms with Gasteiger partial charge < -0.3 is 10.0 Å². The van der Waals surface area contributed by atoms with Gasteiger partial charge in [-0.1, -0.05) is 19.8 Å². The predicted molar refractivity (Wildman–Crippen MR) is 78.6 cm³/mol. The van der Waals surface area contributed by atoms with Crippen LogP contribution in [0, 0.1) is 0 Å². The van der Waals surface area contributed by atoms with Gasteiger partial charge in [0.15, 0.2) is 0 Å². The minimum absolute atomic E-state index is 0.0737. The molecule has 0 radical (unpaired) electrons. The third kappa shape index (κ3) is 4.78. The molecular formula is C15H28N2O3. The second-order valence-electron chi connectivity index (χ2n) is 5.74. The molecule has 0 spiro atoms. The van der Waals surface area contributed by atoms with Crippen molar-refractivity contribution < 1.29 is 14.7 Å². The summed E-state index contributed by atoms with van der Waals surface area (Å²) in [4.78, 5) is 27.3. The van der Waals surface area contributed by atoms with Crippen molar-refractivity contribution in [2.24, 2.45) is 0 Å². The van der Waals surface area contributed by atoms with E-state index >= 15 is 0 Å². The zero-order chi connectivity index (χ0) is 15.1. The van der Waals surface area contributed by atoms with Crippen molar-refractivity contribution in [3.8, 4) is 0 Å². The molecule has 1 rings (SSSR count). The molecule has 0 aliphatic carbocycles. The van der Waals surface area contributed by atoms with E-state index in [0.717, 1.165) is 32.4 Å². The van der Waals surface area contributed by atoms with Gasteiger partial charge in [0.05, 0.1) is 12.6 Å². The van der Waals surface area contributed by atoms with Gasteiger partial charge in [0.1, 0.15) is 0 Å². The summed E-state index contributed by atoms with van der Waals surface area (Å²) in [6.45, 7) is 7.38. The van der Waals surface area contributed by atoms with Crippen molar-refractivity contribution in [1.82, 2.24) is 9.80 Å². The maximum atomic E-state index is 12.6. The van der Waals surface area contributed by atoms with E-state index in [-0.39, 0.29) is 24.5 Å². The standard InChI is InChI=1S/C15H28N2O3/c1-4-12(2)17(11-14(18)19)13(3)15(20)16-9-7-5-6-8-10-16/h12-13H,4-11H2,1-3H3,(H,18,19). The Hall–Kier alpha value is -1.10. The summed E-state index contributed by atoms with van der Waals surface area (Å²) in [5.41, 5.74) is 0. The van der Waals surface area contributed by atoms with Gasteiger partial charge in [-0.05, 0) is 33.1 Å². The molecule has 20 heavy (non-hydrogen) atoms. The first-order valence-electron chi connectivity index (χ1n) is 7.73. The summed E-state index contributed by atoms with van der Waals surface area (Å²) in [7, 11) is 0. The Kier molecular flexibility index (Phi) is 6.99. The van der Waals surface area contributed by atoms with Gasteiger partial charge in [-0.25, -0.2) is 0 Å². The van der Waals surface area contributed by atoms with Gasteiger partial charge in [0.25, 0.3) is 0 Å². The van der Waals surface area contributed by atoms with Crippen molar-refractivity contribution >= 4 is 11.9 Å². The van der Waals surface area contributed by atoms with Crippen LogP contribution in [0.5, 0.6) is 0 Å². The van der Waals surface area contributed by atoms with Crippen molar-refractivity contribution in [3.63, 3.8) is 0 Å². The van der Waals surface area contributed by atoms with E-state index in [0.29, 0.717) is 0 Å². The average molecular weight is 284 g/mol. The van der Waals surface area contributed by atoms with Crippen molar-refractivity contribution in [2.45, 2.75) is 65.0 Å². The first-order chi connectivity index (χ1) is 9.47. The lowest BCUT2D eigenvalue weighted by atomic mass is 10.1. The lowest BCUT2D eigenvalue weighted by Gasteiger charge is -2.35. The molecule has 5 nitrogen and oxygen atoms in total. The molecule has 1 N–H and O–H groups in total. The minimum atomic E-state index is -0.874. The number of rotatable bonds is 6. The topological polar surface area (TPSA) is 60.9 Å². The maximum Gasteiger partial charge on any atom is 0.317 e. The zero-order valence-corrected chi connectivity index (χ0v) is 13.0. The second kappa shape index (κ2) is 8.25. The zero-order valence-electron chi connectivity index (χ0n) is 13.0. The second-order valence-corrected chi connectivity index (χ2v) is 5.74. The maximum absolute atomic E-state index is 12.6. The van der Waals surface area contributed by atoms with Gasteiger partial charge in [0.2, 0.25) is 5.91 Å². The number of likely N-dealkylation sites (tertiary alicyclic amines) is 1. The van der Waals surface area contributed by atoms with Crippen molar-refractivity contribution in [2.75, 3.05) is 19.6 Å². The monoisotopic (exact) mass is 284 g/mol. The van der Waals surface area contributed by atoms with E-state index in [4.69, 9.17) is 5.11 Å². The lowest BCUT2D eigenvalue weighted by molar-refractivity contribution is -0.143. The van der Waals surface area contributed by atoms with Gasteiger partial charge in [0, 0.05) is 19.1 Å². The molecule has 2 unspecified atom stereocenters. The van der Waals surface area contributed by atoms with Crippen LogP contribution in [-0.4, -0.2) is 58.5 Å². The largest absolute Gasteiger partial charge is 0.480 e. The fourth-order valence-electron chi connectivity index (χ4n) is 2.76. The number of carboxylic acids is 1. The summed E-state index contributed by atoms with van der Waals surface area (Å²) >= 11 is 0. The number of aliphatic carboxylic acids is 1. The molecule has 1 aliphatic heterocycles. The van der Waals surface area contributed by atoms with Crippen LogP contribution < -0.4 is 0 Å². The smallest absolute Gasteiger partial charge is 0.317 e. The Morgan fingerprint density at radius 2 is 1.70 bits per heavy atom. The third-order valence-corrected chi connectivity index (χ3v) is 4.25. The number of nitrogens with zero attached hydrogens (tertiary/aromatic N) is 2. The molecule has 1 fully saturated rings. The van der Waals surface area contributed by atoms with Crippen LogP contribution in [0.3, 0.4) is 0 Å². The number of hydrogen-bond acceptors (Lipinski definition) is 3. The van der Waals surface area contributed by atoms with E-state index < -0.39 is 5.97 Å². The average Bonchev–Trinajstić information content (AvgIpc) is 2.71. The van der Waals surface area contributed by atoms with Crippen LogP contribution in [0.15, 0.2) is 0 Å². The van der Waals surface area contributed by atoms with Crippen LogP contribution in [0.25, 0.3) is 0 Å². The molecular weight excluding hydrogens is 256 g/mol. The summed E-state index contributed by atoms with van der Waals surface area (Å²) in [6.07, 6.45) is 5.32. The fourth-order valence-corrected chi connectivity index (χ4v) is 2.76. The summed E-state index contributed by atoms with van der Waals surface area (Å²) in [5.74, 6) is -0.797. The van der Waals surface area contributed by atoms with Crippen molar-refractivity contribution in [1.29, 1.82) is 0 Å². The number of hydrogen-bond donors (Lipinski definition) is 1. The highest BCUT2D eigenvalue weighted by Gasteiger charge is 2.30. The Balaban J connectivity index is 2.73. The molecule has 0 aromatic heterocycles. The molecule has 0 aromatic rings. The van der Waals surface area contributed by atoms with E-state index in [1.54, 1.807) is 4.90 Å². The Morgan fingerprint density at radius 1 is 1.15 bits per heavy atom. The Morgan fingerprint density at radius 3 is 2.15 bits per heavy atom. The molecule has 1 aliphatic rings. The first-order valence-corrected chi connectivity index (χ1v) is 7.73. The van der Waals surface area contributed by atoms with Gasteiger partial charge in [-0.3, -0.25) is 14.5 Å². The Bertz CT molecular complexity index is 325. The van der Waals surface area contributed by atoms with E-state index in [1.807, 2.05) is 25.7 Å². The van der Waals surface area contributed by atoms with Crippen LogP contribution in [0.1, 0.15) is 52.9 Å². The third-order valence-electron chi connectivity index (χ3n) is 4.25. The van der Waals surface area contributed by atoms with E-state index in [1.165, 1.54) is 12.8 Å². The molecule has 1 saturated heterocycles.